The zero-order valence-electron chi connectivity index (χ0n) is 9.05. The van der Waals surface area contributed by atoms with Crippen molar-refractivity contribution in [1.29, 1.82) is 0 Å². The van der Waals surface area contributed by atoms with Crippen LogP contribution in [0.1, 0.15) is 30.2 Å². The van der Waals surface area contributed by atoms with E-state index in [1.807, 2.05) is 0 Å². The summed E-state index contributed by atoms with van der Waals surface area (Å²) in [5.74, 6) is 1.72. The third kappa shape index (κ3) is 2.56. The topological polar surface area (TPSA) is 38.1 Å². The first kappa shape index (κ1) is 10.6. The highest BCUT2D eigenvalue weighted by atomic mass is 19.1. The van der Waals surface area contributed by atoms with E-state index in [-0.39, 0.29) is 0 Å². The fraction of sp³-hybridized carbons (Fsp3) is 0.727. The molecule has 3 nitrogen and oxygen atoms in total. The molecule has 1 fully saturated rings. The molecule has 0 bridgehead atoms. The van der Waals surface area contributed by atoms with Gasteiger partial charge in [0.15, 0.2) is 11.7 Å². The van der Waals surface area contributed by atoms with Crippen molar-refractivity contribution in [3.05, 3.63) is 17.3 Å². The summed E-state index contributed by atoms with van der Waals surface area (Å²) in [4.78, 5) is 4.25. The first-order chi connectivity index (χ1) is 7.29. The molecule has 2 heterocycles. The fourth-order valence-corrected chi connectivity index (χ4v) is 2.03. The van der Waals surface area contributed by atoms with Crippen LogP contribution in [0.5, 0.6) is 0 Å². The zero-order chi connectivity index (χ0) is 10.7. The summed E-state index contributed by atoms with van der Waals surface area (Å²) in [6.45, 7) is 3.38. The molecule has 15 heavy (non-hydrogen) atoms. The van der Waals surface area contributed by atoms with Gasteiger partial charge in [0, 0.05) is 6.42 Å². The molecule has 1 saturated heterocycles. The SMILES string of the molecule is Cc1nc(CC2CCNCC2)oc1CF. The molecule has 0 unspecified atom stereocenters. The number of hydrogen-bond acceptors (Lipinski definition) is 3. The highest BCUT2D eigenvalue weighted by Crippen LogP contribution is 2.19. The number of rotatable bonds is 3. The molecule has 1 aromatic rings. The van der Waals surface area contributed by atoms with E-state index in [1.54, 1.807) is 6.92 Å². The monoisotopic (exact) mass is 212 g/mol. The van der Waals surface area contributed by atoms with E-state index in [0.29, 0.717) is 23.3 Å². The van der Waals surface area contributed by atoms with E-state index in [0.717, 1.165) is 32.4 Å². The van der Waals surface area contributed by atoms with Crippen molar-refractivity contribution in [2.45, 2.75) is 32.9 Å². The smallest absolute Gasteiger partial charge is 0.195 e. The Morgan fingerprint density at radius 3 is 2.80 bits per heavy atom. The highest BCUT2D eigenvalue weighted by Gasteiger charge is 2.17. The van der Waals surface area contributed by atoms with Crippen molar-refractivity contribution >= 4 is 0 Å². The second-order valence-electron chi connectivity index (χ2n) is 4.15. The number of alkyl halides is 1. The van der Waals surface area contributed by atoms with Crippen molar-refractivity contribution in [2.24, 2.45) is 5.92 Å². The molecule has 0 atom stereocenters. The zero-order valence-corrected chi connectivity index (χ0v) is 9.05. The van der Waals surface area contributed by atoms with Gasteiger partial charge in [0.2, 0.25) is 0 Å². The molecule has 1 aromatic heterocycles. The number of aryl methyl sites for hydroxylation is 1. The lowest BCUT2D eigenvalue weighted by molar-refractivity contribution is 0.322. The van der Waals surface area contributed by atoms with Gasteiger partial charge in [-0.3, -0.25) is 0 Å². The quantitative estimate of drug-likeness (QED) is 0.832. The van der Waals surface area contributed by atoms with Gasteiger partial charge in [0.1, 0.15) is 6.67 Å². The highest BCUT2D eigenvalue weighted by molar-refractivity contribution is 5.07. The lowest BCUT2D eigenvalue weighted by Crippen LogP contribution is -2.28. The lowest BCUT2D eigenvalue weighted by atomic mass is 9.95. The molecule has 0 spiro atoms. The average Bonchev–Trinajstić information content (AvgIpc) is 2.60. The van der Waals surface area contributed by atoms with E-state index < -0.39 is 6.67 Å². The largest absolute Gasteiger partial charge is 0.443 e. The van der Waals surface area contributed by atoms with Gasteiger partial charge in [0.05, 0.1) is 5.69 Å². The van der Waals surface area contributed by atoms with Crippen molar-refractivity contribution < 1.29 is 8.81 Å². The normalized spacial score (nSPS) is 18.3. The molecule has 4 heteroatoms. The molecule has 1 N–H and O–H groups in total. The molecule has 0 radical (unpaired) electrons. The molecule has 1 aliphatic rings. The third-order valence-corrected chi connectivity index (χ3v) is 2.98. The summed E-state index contributed by atoms with van der Waals surface area (Å²) >= 11 is 0. The van der Waals surface area contributed by atoms with Crippen molar-refractivity contribution in [1.82, 2.24) is 10.3 Å². The molecule has 84 valence electrons. The Morgan fingerprint density at radius 2 is 2.20 bits per heavy atom. The Bertz CT molecular complexity index is 318. The van der Waals surface area contributed by atoms with Gasteiger partial charge >= 0.3 is 0 Å². The molecule has 0 amide bonds. The van der Waals surface area contributed by atoms with Crippen LogP contribution < -0.4 is 5.32 Å². The van der Waals surface area contributed by atoms with Gasteiger partial charge in [-0.2, -0.15) is 0 Å². The van der Waals surface area contributed by atoms with E-state index in [2.05, 4.69) is 10.3 Å². The van der Waals surface area contributed by atoms with Crippen molar-refractivity contribution in [3.63, 3.8) is 0 Å². The van der Waals surface area contributed by atoms with Crippen LogP contribution >= 0.6 is 0 Å². The Hall–Kier alpha value is -0.900. The summed E-state index contributed by atoms with van der Waals surface area (Å²) in [6.07, 6.45) is 3.17. The minimum atomic E-state index is -0.551. The van der Waals surface area contributed by atoms with Gasteiger partial charge in [-0.05, 0) is 38.8 Å². The molecule has 0 aliphatic carbocycles. The van der Waals surface area contributed by atoms with E-state index >= 15 is 0 Å². The summed E-state index contributed by atoms with van der Waals surface area (Å²) in [5, 5.41) is 3.32. The van der Waals surface area contributed by atoms with Gasteiger partial charge in [-0.25, -0.2) is 9.37 Å². The minimum absolute atomic E-state index is 0.388. The molecule has 1 aliphatic heterocycles. The number of aromatic nitrogens is 1. The minimum Gasteiger partial charge on any atom is -0.443 e. The number of piperidine rings is 1. The van der Waals surface area contributed by atoms with Crippen LogP contribution in [0, 0.1) is 12.8 Å². The van der Waals surface area contributed by atoms with Crippen molar-refractivity contribution in [2.75, 3.05) is 13.1 Å². The van der Waals surface area contributed by atoms with Crippen LogP contribution in [0.2, 0.25) is 0 Å². The van der Waals surface area contributed by atoms with Gasteiger partial charge in [-0.1, -0.05) is 0 Å². The first-order valence-corrected chi connectivity index (χ1v) is 5.51. The molecule has 2 rings (SSSR count). The standard InChI is InChI=1S/C11H17FN2O/c1-8-10(7-12)15-11(14-8)6-9-2-4-13-5-3-9/h9,13H,2-7H2,1H3. The molecule has 0 saturated carbocycles. The Balaban J connectivity index is 1.97. The number of halogens is 1. The second kappa shape index (κ2) is 4.75. The summed E-state index contributed by atoms with van der Waals surface area (Å²) in [5.41, 5.74) is 0.696. The van der Waals surface area contributed by atoms with Crippen LogP contribution in [0.25, 0.3) is 0 Å². The summed E-state index contributed by atoms with van der Waals surface area (Å²) < 4.78 is 17.8. The Kier molecular flexibility index (Phi) is 3.36. The van der Waals surface area contributed by atoms with Gasteiger partial charge < -0.3 is 9.73 Å². The maximum atomic E-state index is 12.4. The van der Waals surface area contributed by atoms with Crippen LogP contribution in [0.4, 0.5) is 4.39 Å². The van der Waals surface area contributed by atoms with Gasteiger partial charge in [-0.15, -0.1) is 0 Å². The maximum Gasteiger partial charge on any atom is 0.195 e. The number of oxazole rings is 1. The van der Waals surface area contributed by atoms with E-state index in [4.69, 9.17) is 4.42 Å². The van der Waals surface area contributed by atoms with Crippen LogP contribution in [0.15, 0.2) is 4.42 Å². The Labute approximate surface area is 89.1 Å². The van der Waals surface area contributed by atoms with Gasteiger partial charge in [0.25, 0.3) is 0 Å². The predicted octanol–water partition coefficient (Wildman–Crippen LogP) is 1.99. The molecular weight excluding hydrogens is 195 g/mol. The first-order valence-electron chi connectivity index (χ1n) is 5.51. The second-order valence-corrected chi connectivity index (χ2v) is 4.15. The average molecular weight is 212 g/mol. The van der Waals surface area contributed by atoms with Crippen LogP contribution in [0.3, 0.4) is 0 Å². The van der Waals surface area contributed by atoms with E-state index in [9.17, 15) is 4.39 Å². The predicted molar refractivity (Wildman–Crippen MR) is 55.3 cm³/mol. The van der Waals surface area contributed by atoms with E-state index in [1.165, 1.54) is 0 Å². The third-order valence-electron chi connectivity index (χ3n) is 2.98. The molecular formula is C11H17FN2O. The summed E-state index contributed by atoms with van der Waals surface area (Å²) in [7, 11) is 0. The number of nitrogens with one attached hydrogen (secondary N) is 1. The van der Waals surface area contributed by atoms with Crippen LogP contribution in [-0.4, -0.2) is 18.1 Å². The van der Waals surface area contributed by atoms with Crippen LogP contribution in [-0.2, 0) is 13.1 Å². The lowest BCUT2D eigenvalue weighted by Gasteiger charge is -2.20. The number of hydrogen-bond donors (Lipinski definition) is 1. The number of nitrogens with zero attached hydrogens (tertiary/aromatic N) is 1. The molecule has 0 aromatic carbocycles. The van der Waals surface area contributed by atoms with Crippen molar-refractivity contribution in [3.8, 4) is 0 Å². The Morgan fingerprint density at radius 1 is 1.47 bits per heavy atom. The maximum absolute atomic E-state index is 12.4. The summed E-state index contributed by atoms with van der Waals surface area (Å²) in [6, 6.07) is 0. The fourth-order valence-electron chi connectivity index (χ4n) is 2.03.